The van der Waals surface area contributed by atoms with Gasteiger partial charge in [0.05, 0.1) is 24.6 Å². The SMILES string of the molecule is COc1ccc(C2CC(c3ccccc3F)=NN2c2ccc(Br)cc2)cc1. The Morgan fingerprint density at radius 3 is 2.37 bits per heavy atom. The molecule has 0 saturated carbocycles. The fourth-order valence-electron chi connectivity index (χ4n) is 3.29. The van der Waals surface area contributed by atoms with Crippen molar-refractivity contribution in [2.24, 2.45) is 5.10 Å². The highest BCUT2D eigenvalue weighted by Gasteiger charge is 2.30. The number of anilines is 1. The lowest BCUT2D eigenvalue weighted by Crippen LogP contribution is -2.18. The summed E-state index contributed by atoms with van der Waals surface area (Å²) in [5.41, 5.74) is 3.37. The zero-order chi connectivity index (χ0) is 18.8. The van der Waals surface area contributed by atoms with Crippen molar-refractivity contribution in [1.29, 1.82) is 0 Å². The second kappa shape index (κ2) is 7.53. The van der Waals surface area contributed by atoms with Gasteiger partial charge in [0.1, 0.15) is 11.6 Å². The van der Waals surface area contributed by atoms with E-state index in [1.807, 2.05) is 59.6 Å². The molecule has 1 aliphatic rings. The zero-order valence-corrected chi connectivity index (χ0v) is 16.4. The van der Waals surface area contributed by atoms with Crippen LogP contribution in [0.5, 0.6) is 5.75 Å². The van der Waals surface area contributed by atoms with Crippen LogP contribution in [0.1, 0.15) is 23.6 Å². The summed E-state index contributed by atoms with van der Waals surface area (Å²) in [6.45, 7) is 0. The fourth-order valence-corrected chi connectivity index (χ4v) is 3.55. The highest BCUT2D eigenvalue weighted by molar-refractivity contribution is 9.10. The topological polar surface area (TPSA) is 24.8 Å². The molecule has 4 rings (SSSR count). The maximum Gasteiger partial charge on any atom is 0.132 e. The molecular formula is C22H18BrFN2O. The number of halogens is 2. The number of hydrogen-bond acceptors (Lipinski definition) is 3. The summed E-state index contributed by atoms with van der Waals surface area (Å²) in [5, 5.41) is 6.75. The summed E-state index contributed by atoms with van der Waals surface area (Å²) >= 11 is 3.47. The first-order valence-corrected chi connectivity index (χ1v) is 9.46. The number of benzene rings is 3. The van der Waals surface area contributed by atoms with Crippen molar-refractivity contribution in [3.05, 3.63) is 94.2 Å². The first-order valence-electron chi connectivity index (χ1n) is 8.67. The summed E-state index contributed by atoms with van der Waals surface area (Å²) in [4.78, 5) is 0. The van der Waals surface area contributed by atoms with Crippen molar-refractivity contribution in [2.75, 3.05) is 12.1 Å². The molecule has 0 amide bonds. The van der Waals surface area contributed by atoms with E-state index in [-0.39, 0.29) is 11.9 Å². The van der Waals surface area contributed by atoms with Gasteiger partial charge >= 0.3 is 0 Å². The van der Waals surface area contributed by atoms with E-state index in [1.165, 1.54) is 6.07 Å². The fraction of sp³-hybridized carbons (Fsp3) is 0.136. The molecule has 1 atom stereocenters. The van der Waals surface area contributed by atoms with E-state index in [0.29, 0.717) is 12.0 Å². The molecule has 1 heterocycles. The zero-order valence-electron chi connectivity index (χ0n) is 14.8. The molecule has 5 heteroatoms. The molecule has 0 aliphatic carbocycles. The van der Waals surface area contributed by atoms with Crippen LogP contribution in [0.4, 0.5) is 10.1 Å². The van der Waals surface area contributed by atoms with E-state index in [9.17, 15) is 4.39 Å². The Bertz CT molecular complexity index is 970. The largest absolute Gasteiger partial charge is 0.497 e. The maximum absolute atomic E-state index is 14.3. The van der Waals surface area contributed by atoms with Crippen molar-refractivity contribution >= 4 is 27.3 Å². The molecule has 0 aromatic heterocycles. The number of ether oxygens (including phenoxy) is 1. The number of methoxy groups -OCH3 is 1. The molecular weight excluding hydrogens is 407 g/mol. The van der Waals surface area contributed by atoms with E-state index in [0.717, 1.165) is 27.2 Å². The molecule has 0 fully saturated rings. The Morgan fingerprint density at radius 1 is 1.00 bits per heavy atom. The lowest BCUT2D eigenvalue weighted by molar-refractivity contribution is 0.414. The minimum Gasteiger partial charge on any atom is -0.497 e. The van der Waals surface area contributed by atoms with Crippen LogP contribution in [0.2, 0.25) is 0 Å². The molecule has 1 unspecified atom stereocenters. The molecule has 0 saturated heterocycles. The average Bonchev–Trinajstić information content (AvgIpc) is 3.14. The third kappa shape index (κ3) is 3.60. The van der Waals surface area contributed by atoms with Gasteiger partial charge in [-0.15, -0.1) is 0 Å². The Balaban J connectivity index is 1.75. The first kappa shape index (κ1) is 17.7. The Hall–Kier alpha value is -2.66. The predicted molar refractivity (Wildman–Crippen MR) is 110 cm³/mol. The van der Waals surface area contributed by atoms with E-state index < -0.39 is 0 Å². The Kier molecular flexibility index (Phi) is 4.94. The van der Waals surface area contributed by atoms with Crippen LogP contribution in [0.25, 0.3) is 0 Å². The number of rotatable bonds is 4. The predicted octanol–water partition coefficient (Wildman–Crippen LogP) is 5.95. The Labute approximate surface area is 166 Å². The second-order valence-corrected chi connectivity index (χ2v) is 7.26. The quantitative estimate of drug-likeness (QED) is 0.516. The van der Waals surface area contributed by atoms with Crippen molar-refractivity contribution < 1.29 is 9.13 Å². The van der Waals surface area contributed by atoms with Crippen LogP contribution in [-0.2, 0) is 0 Å². The van der Waals surface area contributed by atoms with Gasteiger partial charge in [-0.3, -0.25) is 5.01 Å². The highest BCUT2D eigenvalue weighted by Crippen LogP contribution is 2.37. The highest BCUT2D eigenvalue weighted by atomic mass is 79.9. The van der Waals surface area contributed by atoms with Gasteiger partial charge in [0.2, 0.25) is 0 Å². The van der Waals surface area contributed by atoms with Crippen LogP contribution >= 0.6 is 15.9 Å². The van der Waals surface area contributed by atoms with Crippen LogP contribution in [-0.4, -0.2) is 12.8 Å². The van der Waals surface area contributed by atoms with Gasteiger partial charge in [-0.1, -0.05) is 46.3 Å². The van der Waals surface area contributed by atoms with E-state index in [4.69, 9.17) is 9.84 Å². The van der Waals surface area contributed by atoms with Crippen molar-refractivity contribution in [3.63, 3.8) is 0 Å². The Morgan fingerprint density at radius 2 is 1.70 bits per heavy atom. The van der Waals surface area contributed by atoms with Gasteiger partial charge in [0.15, 0.2) is 0 Å². The van der Waals surface area contributed by atoms with Crippen LogP contribution in [0.15, 0.2) is 82.4 Å². The normalized spacial score (nSPS) is 16.3. The van der Waals surface area contributed by atoms with Crippen molar-refractivity contribution in [2.45, 2.75) is 12.5 Å². The third-order valence-corrected chi connectivity index (χ3v) is 5.22. The van der Waals surface area contributed by atoms with Gasteiger partial charge in [-0.2, -0.15) is 5.10 Å². The van der Waals surface area contributed by atoms with Gasteiger partial charge in [0.25, 0.3) is 0 Å². The summed E-state index contributed by atoms with van der Waals surface area (Å²) in [6.07, 6.45) is 0.628. The third-order valence-electron chi connectivity index (χ3n) is 4.69. The summed E-state index contributed by atoms with van der Waals surface area (Å²) < 4.78 is 20.6. The van der Waals surface area contributed by atoms with Crippen molar-refractivity contribution in [3.8, 4) is 5.75 Å². The van der Waals surface area contributed by atoms with Crippen LogP contribution < -0.4 is 9.75 Å². The summed E-state index contributed by atoms with van der Waals surface area (Å²) in [7, 11) is 1.65. The molecule has 136 valence electrons. The number of hydrogen-bond donors (Lipinski definition) is 0. The van der Waals surface area contributed by atoms with E-state index >= 15 is 0 Å². The lowest BCUT2D eigenvalue weighted by atomic mass is 9.98. The van der Waals surface area contributed by atoms with Crippen LogP contribution in [0.3, 0.4) is 0 Å². The number of nitrogens with zero attached hydrogens (tertiary/aromatic N) is 2. The monoisotopic (exact) mass is 424 g/mol. The second-order valence-electron chi connectivity index (χ2n) is 6.34. The van der Waals surface area contributed by atoms with Gasteiger partial charge in [0, 0.05) is 16.5 Å². The molecule has 0 N–H and O–H groups in total. The molecule has 0 radical (unpaired) electrons. The molecule has 3 aromatic carbocycles. The standard InChI is InChI=1S/C22H18BrFN2O/c1-27-18-12-6-15(7-13-18)22-14-21(19-4-2-3-5-20(19)24)25-26(22)17-10-8-16(23)9-11-17/h2-13,22H,14H2,1H3. The van der Waals surface area contributed by atoms with Gasteiger partial charge < -0.3 is 4.74 Å². The smallest absolute Gasteiger partial charge is 0.132 e. The molecule has 0 bridgehead atoms. The minimum atomic E-state index is -0.248. The average molecular weight is 425 g/mol. The van der Waals surface area contributed by atoms with E-state index in [1.54, 1.807) is 19.2 Å². The lowest BCUT2D eigenvalue weighted by Gasteiger charge is -2.24. The van der Waals surface area contributed by atoms with Crippen molar-refractivity contribution in [1.82, 2.24) is 0 Å². The maximum atomic E-state index is 14.3. The molecule has 3 aromatic rings. The molecule has 0 spiro atoms. The van der Waals surface area contributed by atoms with Crippen LogP contribution in [0, 0.1) is 5.82 Å². The molecule has 1 aliphatic heterocycles. The summed E-state index contributed by atoms with van der Waals surface area (Å²) in [5.74, 6) is 0.560. The molecule has 3 nitrogen and oxygen atoms in total. The van der Waals surface area contributed by atoms with E-state index in [2.05, 4.69) is 15.9 Å². The van der Waals surface area contributed by atoms with Gasteiger partial charge in [-0.25, -0.2) is 4.39 Å². The first-order chi connectivity index (χ1) is 13.2. The summed E-state index contributed by atoms with van der Waals surface area (Å²) in [6, 6.07) is 22.7. The number of hydrazone groups is 1. The molecule has 27 heavy (non-hydrogen) atoms. The van der Waals surface area contributed by atoms with Gasteiger partial charge in [-0.05, 0) is 48.0 Å². The minimum absolute atomic E-state index is 0.00770.